The minimum atomic E-state index is -3.86. The van der Waals surface area contributed by atoms with Crippen molar-refractivity contribution in [2.75, 3.05) is 4.72 Å². The van der Waals surface area contributed by atoms with E-state index < -0.39 is 16.0 Å². The number of anilines is 1. The molecule has 20 heavy (non-hydrogen) atoms. The van der Waals surface area contributed by atoms with Crippen LogP contribution in [0.3, 0.4) is 0 Å². The zero-order valence-corrected chi connectivity index (χ0v) is 12.3. The molecule has 0 spiro atoms. The Balaban J connectivity index is 2.31. The molecule has 0 unspecified atom stereocenters. The average Bonchev–Trinajstić information content (AvgIpc) is 2.41. The number of sulfonamides is 1. The fourth-order valence-corrected chi connectivity index (χ4v) is 2.93. The number of hydrogen-bond donors (Lipinski definition) is 2. The molecule has 0 aliphatic rings. The maximum atomic E-state index is 12.1. The fraction of sp³-hybridized carbons (Fsp3) is 0. The van der Waals surface area contributed by atoms with Crippen molar-refractivity contribution < 1.29 is 18.3 Å². The second-order valence-corrected chi connectivity index (χ2v) is 6.26. The lowest BCUT2D eigenvalue weighted by Gasteiger charge is -2.08. The van der Waals surface area contributed by atoms with E-state index in [0.717, 1.165) is 12.3 Å². The molecule has 0 atom stereocenters. The Morgan fingerprint density at radius 2 is 1.90 bits per heavy atom. The van der Waals surface area contributed by atoms with E-state index in [1.807, 2.05) is 0 Å². The van der Waals surface area contributed by atoms with Crippen molar-refractivity contribution in [1.29, 1.82) is 0 Å². The van der Waals surface area contributed by atoms with Crippen LogP contribution in [-0.2, 0) is 10.0 Å². The van der Waals surface area contributed by atoms with Crippen molar-refractivity contribution in [2.24, 2.45) is 0 Å². The van der Waals surface area contributed by atoms with E-state index in [1.165, 1.54) is 6.07 Å². The smallest absolute Gasteiger partial charge is 0.337 e. The van der Waals surface area contributed by atoms with Crippen LogP contribution in [0.2, 0.25) is 0 Å². The standard InChI is InChI=1S/C12H9BrN2O4S/c13-9-3-1-2-4-10(9)15-20(18,19)11-6-5-8(7-14-11)12(16)17/h1-7,15H,(H,16,17). The van der Waals surface area contributed by atoms with E-state index in [9.17, 15) is 13.2 Å². The predicted octanol–water partition coefficient (Wildman–Crippen LogP) is 2.34. The van der Waals surface area contributed by atoms with Crippen LogP contribution < -0.4 is 4.72 Å². The lowest BCUT2D eigenvalue weighted by molar-refractivity contribution is 0.0696. The van der Waals surface area contributed by atoms with Gasteiger partial charge in [0.1, 0.15) is 0 Å². The summed E-state index contributed by atoms with van der Waals surface area (Å²) in [6.45, 7) is 0. The Labute approximate surface area is 123 Å². The minimum Gasteiger partial charge on any atom is -0.478 e. The molecule has 2 N–H and O–H groups in total. The molecule has 6 nitrogen and oxygen atoms in total. The topological polar surface area (TPSA) is 96.4 Å². The number of benzene rings is 1. The van der Waals surface area contributed by atoms with Crippen LogP contribution in [-0.4, -0.2) is 24.5 Å². The first kappa shape index (κ1) is 14.5. The number of carboxylic acids is 1. The van der Waals surface area contributed by atoms with Gasteiger partial charge in [-0.1, -0.05) is 12.1 Å². The molecule has 0 fully saturated rings. The number of aromatic nitrogens is 1. The zero-order chi connectivity index (χ0) is 14.8. The quantitative estimate of drug-likeness (QED) is 0.876. The van der Waals surface area contributed by atoms with Crippen LogP contribution >= 0.6 is 15.9 Å². The third-order valence-electron chi connectivity index (χ3n) is 2.38. The molecule has 2 rings (SSSR count). The third kappa shape index (κ3) is 3.14. The largest absolute Gasteiger partial charge is 0.478 e. The lowest BCUT2D eigenvalue weighted by Crippen LogP contribution is -2.15. The Morgan fingerprint density at radius 1 is 1.20 bits per heavy atom. The highest BCUT2D eigenvalue weighted by atomic mass is 79.9. The molecular formula is C12H9BrN2O4S. The van der Waals surface area contributed by atoms with Crippen LogP contribution in [0.1, 0.15) is 10.4 Å². The Bertz CT molecular complexity index is 744. The summed E-state index contributed by atoms with van der Waals surface area (Å²) >= 11 is 3.23. The summed E-state index contributed by atoms with van der Waals surface area (Å²) in [5.74, 6) is -1.17. The van der Waals surface area contributed by atoms with Crippen molar-refractivity contribution in [3.8, 4) is 0 Å². The first-order chi connectivity index (χ1) is 9.40. The highest BCUT2D eigenvalue weighted by Crippen LogP contribution is 2.23. The van der Waals surface area contributed by atoms with Gasteiger partial charge in [0.2, 0.25) is 0 Å². The summed E-state index contributed by atoms with van der Waals surface area (Å²) < 4.78 is 27.1. The van der Waals surface area contributed by atoms with Crippen LogP contribution in [0.5, 0.6) is 0 Å². The summed E-state index contributed by atoms with van der Waals surface area (Å²) in [5, 5.41) is 8.49. The Kier molecular flexibility index (Phi) is 4.05. The van der Waals surface area contributed by atoms with Gasteiger partial charge in [0, 0.05) is 10.7 Å². The lowest BCUT2D eigenvalue weighted by atomic mass is 10.3. The first-order valence-electron chi connectivity index (χ1n) is 5.37. The molecule has 0 radical (unpaired) electrons. The number of carboxylic acid groups (broad SMARTS) is 1. The van der Waals surface area contributed by atoms with Gasteiger partial charge in [-0.15, -0.1) is 0 Å². The van der Waals surface area contributed by atoms with Gasteiger partial charge in [-0.2, -0.15) is 8.42 Å². The molecular weight excluding hydrogens is 348 g/mol. The zero-order valence-electron chi connectivity index (χ0n) is 9.95. The summed E-state index contributed by atoms with van der Waals surface area (Å²) in [5.41, 5.74) is 0.293. The second-order valence-electron chi connectivity index (χ2n) is 3.78. The van der Waals surface area contributed by atoms with Gasteiger partial charge in [-0.25, -0.2) is 9.78 Å². The van der Waals surface area contributed by atoms with E-state index in [-0.39, 0.29) is 10.6 Å². The Morgan fingerprint density at radius 3 is 2.45 bits per heavy atom. The van der Waals surface area contributed by atoms with Crippen LogP contribution in [0.25, 0.3) is 0 Å². The van der Waals surface area contributed by atoms with E-state index in [0.29, 0.717) is 10.2 Å². The van der Waals surface area contributed by atoms with Crippen molar-refractivity contribution in [1.82, 2.24) is 4.98 Å². The van der Waals surface area contributed by atoms with Gasteiger partial charge in [0.15, 0.2) is 5.03 Å². The molecule has 1 heterocycles. The van der Waals surface area contributed by atoms with Crippen molar-refractivity contribution in [2.45, 2.75) is 5.03 Å². The molecule has 0 saturated carbocycles. The number of hydrogen-bond acceptors (Lipinski definition) is 4. The van der Waals surface area contributed by atoms with Crippen molar-refractivity contribution in [3.05, 3.63) is 52.6 Å². The van der Waals surface area contributed by atoms with E-state index >= 15 is 0 Å². The van der Waals surface area contributed by atoms with Gasteiger partial charge in [0.25, 0.3) is 10.0 Å². The minimum absolute atomic E-state index is 0.0789. The van der Waals surface area contributed by atoms with Crippen molar-refractivity contribution >= 4 is 37.6 Å². The average molecular weight is 357 g/mol. The maximum absolute atomic E-state index is 12.1. The SMILES string of the molecule is O=C(O)c1ccc(S(=O)(=O)Nc2ccccc2Br)nc1. The van der Waals surface area contributed by atoms with Crippen LogP contribution in [0.15, 0.2) is 52.1 Å². The van der Waals surface area contributed by atoms with Gasteiger partial charge >= 0.3 is 5.97 Å². The monoisotopic (exact) mass is 356 g/mol. The van der Waals surface area contributed by atoms with Gasteiger partial charge in [-0.05, 0) is 40.2 Å². The van der Waals surface area contributed by atoms with E-state index in [4.69, 9.17) is 5.11 Å². The molecule has 0 aliphatic carbocycles. The molecule has 104 valence electrons. The fourth-order valence-electron chi connectivity index (χ4n) is 1.41. The predicted molar refractivity (Wildman–Crippen MR) is 76.1 cm³/mol. The van der Waals surface area contributed by atoms with E-state index in [1.54, 1.807) is 24.3 Å². The van der Waals surface area contributed by atoms with Crippen LogP contribution in [0.4, 0.5) is 5.69 Å². The number of pyridine rings is 1. The number of nitrogens with zero attached hydrogens (tertiary/aromatic N) is 1. The molecule has 2 aromatic rings. The molecule has 0 aliphatic heterocycles. The Hall–Kier alpha value is -1.93. The van der Waals surface area contributed by atoms with Crippen molar-refractivity contribution in [3.63, 3.8) is 0 Å². The van der Waals surface area contributed by atoms with Gasteiger partial charge in [0.05, 0.1) is 11.3 Å². The number of halogens is 1. The normalized spacial score (nSPS) is 11.1. The van der Waals surface area contributed by atoms with Gasteiger partial charge < -0.3 is 5.11 Å². The highest BCUT2D eigenvalue weighted by molar-refractivity contribution is 9.10. The summed E-state index contributed by atoms with van der Waals surface area (Å²) in [4.78, 5) is 14.3. The number of rotatable bonds is 4. The molecule has 8 heteroatoms. The maximum Gasteiger partial charge on any atom is 0.337 e. The van der Waals surface area contributed by atoms with E-state index in [2.05, 4.69) is 25.6 Å². The number of para-hydroxylation sites is 1. The summed E-state index contributed by atoms with van der Waals surface area (Å²) in [6.07, 6.45) is 0.997. The third-order valence-corrected chi connectivity index (χ3v) is 4.35. The molecule has 0 saturated heterocycles. The van der Waals surface area contributed by atoms with Crippen LogP contribution in [0, 0.1) is 0 Å². The molecule has 1 aromatic heterocycles. The summed E-state index contributed by atoms with van der Waals surface area (Å²) in [6, 6.07) is 9.05. The molecule has 1 aromatic carbocycles. The number of nitrogens with one attached hydrogen (secondary N) is 1. The number of aromatic carboxylic acids is 1. The molecule has 0 bridgehead atoms. The highest BCUT2D eigenvalue weighted by Gasteiger charge is 2.17. The van der Waals surface area contributed by atoms with Gasteiger partial charge in [-0.3, -0.25) is 4.72 Å². The second kappa shape index (κ2) is 5.59. The number of carbonyl (C=O) groups is 1. The summed E-state index contributed by atoms with van der Waals surface area (Å²) in [7, 11) is -3.86. The first-order valence-corrected chi connectivity index (χ1v) is 7.64. The molecule has 0 amide bonds.